The summed E-state index contributed by atoms with van der Waals surface area (Å²) in [5.74, 6) is 1.46. The van der Waals surface area contributed by atoms with Gasteiger partial charge < -0.3 is 14.2 Å². The minimum absolute atomic E-state index is 0.0503. The number of ether oxygens (including phenoxy) is 3. The van der Waals surface area contributed by atoms with Gasteiger partial charge in [-0.2, -0.15) is 0 Å². The number of carbonyl (C=O) groups excluding carboxylic acids is 1. The molecule has 0 aromatic heterocycles. The average molecular weight is 415 g/mol. The summed E-state index contributed by atoms with van der Waals surface area (Å²) >= 11 is 3.40. The fourth-order valence-electron chi connectivity index (χ4n) is 2.55. The maximum absolute atomic E-state index is 12.2. The molecule has 0 bridgehead atoms. The molecule has 0 spiro atoms. The number of hydrogen-bond donors (Lipinski definition) is 0. The summed E-state index contributed by atoms with van der Waals surface area (Å²) in [6.45, 7) is 3.91. The van der Waals surface area contributed by atoms with E-state index in [0.717, 1.165) is 15.6 Å². The molecule has 0 unspecified atom stereocenters. The lowest BCUT2D eigenvalue weighted by molar-refractivity contribution is -0.130. The Kier molecular flexibility index (Phi) is 5.47. The molecule has 0 saturated heterocycles. The van der Waals surface area contributed by atoms with Gasteiger partial charge in [-0.3, -0.25) is 0 Å². The van der Waals surface area contributed by atoms with Crippen LogP contribution >= 0.6 is 15.9 Å². The Labute approximate surface area is 161 Å². The highest BCUT2D eigenvalue weighted by Gasteiger charge is 2.22. The Bertz CT molecular complexity index is 879. The Morgan fingerprint density at radius 3 is 2.46 bits per heavy atom. The molecular formula is C21H19BrO4. The normalized spacial score (nSPS) is 15.2. The summed E-state index contributed by atoms with van der Waals surface area (Å²) in [6.07, 6.45) is 3.57. The quantitative estimate of drug-likeness (QED) is 0.496. The second-order valence-electron chi connectivity index (χ2n) is 6.08. The Hall–Kier alpha value is -2.53. The number of esters is 1. The fraction of sp³-hybridized carbons (Fsp3) is 0.190. The average Bonchev–Trinajstić information content (AvgIpc) is 2.97. The van der Waals surface area contributed by atoms with Crippen molar-refractivity contribution in [2.45, 2.75) is 20.0 Å². The van der Waals surface area contributed by atoms with Crippen LogP contribution in [0.1, 0.15) is 25.0 Å². The first-order chi connectivity index (χ1) is 12.5. The summed E-state index contributed by atoms with van der Waals surface area (Å²) in [7, 11) is 1.59. The van der Waals surface area contributed by atoms with E-state index in [1.54, 1.807) is 19.3 Å². The van der Waals surface area contributed by atoms with E-state index < -0.39 is 0 Å². The third-order valence-corrected chi connectivity index (χ3v) is 4.25. The number of methoxy groups -OCH3 is 1. The van der Waals surface area contributed by atoms with Gasteiger partial charge in [0.2, 0.25) is 0 Å². The molecule has 3 rings (SSSR count). The molecule has 0 amide bonds. The summed E-state index contributed by atoms with van der Waals surface area (Å²) in [4.78, 5) is 12.2. The van der Waals surface area contributed by atoms with Gasteiger partial charge in [-0.15, -0.1) is 0 Å². The van der Waals surface area contributed by atoms with Gasteiger partial charge >= 0.3 is 5.97 Å². The van der Waals surface area contributed by atoms with Crippen LogP contribution < -0.4 is 9.47 Å². The van der Waals surface area contributed by atoms with Gasteiger partial charge in [0.05, 0.1) is 18.8 Å². The topological polar surface area (TPSA) is 44.8 Å². The van der Waals surface area contributed by atoms with Crippen molar-refractivity contribution >= 4 is 33.7 Å². The van der Waals surface area contributed by atoms with Crippen molar-refractivity contribution in [3.63, 3.8) is 0 Å². The summed E-state index contributed by atoms with van der Waals surface area (Å²) < 4.78 is 17.5. The number of carbonyl (C=O) groups is 1. The lowest BCUT2D eigenvalue weighted by Gasteiger charge is -2.13. The zero-order valence-electron chi connectivity index (χ0n) is 14.8. The Morgan fingerprint density at radius 1 is 1.08 bits per heavy atom. The van der Waals surface area contributed by atoms with Crippen LogP contribution in [0, 0.1) is 0 Å². The van der Waals surface area contributed by atoms with E-state index in [2.05, 4.69) is 15.9 Å². The van der Waals surface area contributed by atoms with Crippen LogP contribution in [0.4, 0.5) is 0 Å². The Morgan fingerprint density at radius 2 is 1.81 bits per heavy atom. The minimum atomic E-state index is -0.371. The maximum Gasteiger partial charge on any atom is 0.343 e. The van der Waals surface area contributed by atoms with Gasteiger partial charge in [0.25, 0.3) is 0 Å². The van der Waals surface area contributed by atoms with E-state index in [4.69, 9.17) is 14.2 Å². The van der Waals surface area contributed by atoms with Crippen LogP contribution in [0.2, 0.25) is 0 Å². The molecular weight excluding hydrogens is 396 g/mol. The molecule has 2 aromatic rings. The first-order valence-electron chi connectivity index (χ1n) is 8.22. The zero-order chi connectivity index (χ0) is 18.7. The van der Waals surface area contributed by atoms with Gasteiger partial charge in [-0.1, -0.05) is 34.1 Å². The van der Waals surface area contributed by atoms with Crippen molar-refractivity contribution < 1.29 is 19.0 Å². The van der Waals surface area contributed by atoms with E-state index in [1.807, 2.05) is 56.3 Å². The predicted molar refractivity (Wildman–Crippen MR) is 105 cm³/mol. The van der Waals surface area contributed by atoms with Crippen LogP contribution in [-0.2, 0) is 9.53 Å². The largest absolute Gasteiger partial charge is 0.493 e. The lowest BCUT2D eigenvalue weighted by atomic mass is 10.1. The number of halogens is 1. The fourth-order valence-corrected chi connectivity index (χ4v) is 2.81. The molecule has 0 atom stereocenters. The minimum Gasteiger partial charge on any atom is -0.493 e. The number of benzene rings is 2. The van der Waals surface area contributed by atoms with Gasteiger partial charge in [0, 0.05) is 10.0 Å². The van der Waals surface area contributed by atoms with Crippen molar-refractivity contribution in [1.29, 1.82) is 0 Å². The van der Waals surface area contributed by atoms with E-state index in [-0.39, 0.29) is 12.1 Å². The van der Waals surface area contributed by atoms with Crippen LogP contribution in [-0.4, -0.2) is 19.2 Å². The standard InChI is InChI=1S/C21H19BrO4/c1-13(2)25-18-9-4-14(11-20(18)24-3)10-16-12-19(26-21(16)23)15-5-7-17(22)8-6-15/h4-13H,1-3H3/b16-10+. The Balaban J connectivity index is 1.89. The maximum atomic E-state index is 12.2. The van der Waals surface area contributed by atoms with Gasteiger partial charge in [-0.05, 0) is 55.8 Å². The van der Waals surface area contributed by atoms with Crippen molar-refractivity contribution in [3.8, 4) is 11.5 Å². The summed E-state index contributed by atoms with van der Waals surface area (Å²) in [6, 6.07) is 13.2. The first-order valence-corrected chi connectivity index (χ1v) is 9.02. The van der Waals surface area contributed by atoms with Crippen LogP contribution in [0.5, 0.6) is 11.5 Å². The highest BCUT2D eigenvalue weighted by atomic mass is 79.9. The highest BCUT2D eigenvalue weighted by Crippen LogP contribution is 2.32. The van der Waals surface area contributed by atoms with Gasteiger partial charge in [0.1, 0.15) is 5.76 Å². The van der Waals surface area contributed by atoms with E-state index in [0.29, 0.717) is 22.8 Å². The molecule has 134 valence electrons. The summed E-state index contributed by atoms with van der Waals surface area (Å²) in [5, 5.41) is 0. The van der Waals surface area contributed by atoms with Crippen molar-refractivity contribution in [2.24, 2.45) is 0 Å². The van der Waals surface area contributed by atoms with E-state index >= 15 is 0 Å². The molecule has 0 aliphatic carbocycles. The molecule has 1 heterocycles. The van der Waals surface area contributed by atoms with Crippen molar-refractivity contribution in [1.82, 2.24) is 0 Å². The molecule has 1 aliphatic rings. The molecule has 0 N–H and O–H groups in total. The summed E-state index contributed by atoms with van der Waals surface area (Å²) in [5.41, 5.74) is 2.17. The molecule has 1 aliphatic heterocycles. The number of rotatable bonds is 5. The lowest BCUT2D eigenvalue weighted by Crippen LogP contribution is -2.06. The van der Waals surface area contributed by atoms with Gasteiger partial charge in [-0.25, -0.2) is 4.79 Å². The molecule has 2 aromatic carbocycles. The first kappa shape index (κ1) is 18.3. The van der Waals surface area contributed by atoms with E-state index in [9.17, 15) is 4.79 Å². The van der Waals surface area contributed by atoms with Gasteiger partial charge in [0.15, 0.2) is 11.5 Å². The third-order valence-electron chi connectivity index (χ3n) is 3.73. The predicted octanol–water partition coefficient (Wildman–Crippen LogP) is 5.23. The SMILES string of the molecule is COc1cc(/C=C2\C=C(c3ccc(Br)cc3)OC2=O)ccc1OC(C)C. The molecule has 4 nitrogen and oxygen atoms in total. The van der Waals surface area contributed by atoms with E-state index in [1.165, 1.54) is 0 Å². The van der Waals surface area contributed by atoms with Crippen LogP contribution in [0.15, 0.2) is 58.6 Å². The third kappa shape index (κ3) is 4.17. The monoisotopic (exact) mass is 414 g/mol. The smallest absolute Gasteiger partial charge is 0.343 e. The molecule has 26 heavy (non-hydrogen) atoms. The number of cyclic esters (lactones) is 1. The number of hydrogen-bond acceptors (Lipinski definition) is 4. The molecule has 0 fully saturated rings. The highest BCUT2D eigenvalue weighted by molar-refractivity contribution is 9.10. The van der Waals surface area contributed by atoms with Crippen LogP contribution in [0.25, 0.3) is 11.8 Å². The van der Waals surface area contributed by atoms with Crippen molar-refractivity contribution in [3.05, 3.63) is 69.7 Å². The molecule has 5 heteroatoms. The zero-order valence-corrected chi connectivity index (χ0v) is 16.4. The van der Waals surface area contributed by atoms with Crippen LogP contribution in [0.3, 0.4) is 0 Å². The second kappa shape index (κ2) is 7.79. The molecule has 0 saturated carbocycles. The molecule has 0 radical (unpaired) electrons. The second-order valence-corrected chi connectivity index (χ2v) is 7.00. The van der Waals surface area contributed by atoms with Crippen molar-refractivity contribution in [2.75, 3.05) is 7.11 Å².